The van der Waals surface area contributed by atoms with Crippen LogP contribution in [-0.4, -0.2) is 9.55 Å². The van der Waals surface area contributed by atoms with Crippen LogP contribution in [-0.2, 0) is 18.6 Å². The summed E-state index contributed by atoms with van der Waals surface area (Å²) in [7, 11) is 0. The van der Waals surface area contributed by atoms with E-state index in [0.29, 0.717) is 6.61 Å². The van der Waals surface area contributed by atoms with Gasteiger partial charge in [-0.05, 0) is 48.4 Å². The highest BCUT2D eigenvalue weighted by atomic mass is 16.5. The summed E-state index contributed by atoms with van der Waals surface area (Å²) in [5, 5.41) is 0. The average molecular weight is 413 g/mol. The molecule has 0 bridgehead atoms. The summed E-state index contributed by atoms with van der Waals surface area (Å²) in [6.45, 7) is 14.5. The van der Waals surface area contributed by atoms with Gasteiger partial charge in [0.1, 0.15) is 17.9 Å². The summed E-state index contributed by atoms with van der Waals surface area (Å²) >= 11 is 0. The third-order valence-corrected chi connectivity index (χ3v) is 6.10. The van der Waals surface area contributed by atoms with Crippen molar-refractivity contribution in [3.05, 3.63) is 94.3 Å². The van der Waals surface area contributed by atoms with Crippen molar-refractivity contribution in [2.75, 3.05) is 0 Å². The molecule has 0 saturated carbocycles. The lowest BCUT2D eigenvalue weighted by atomic mass is 9.87. The molecular formula is C28H32N2O. The van der Waals surface area contributed by atoms with E-state index in [1.54, 1.807) is 0 Å². The third kappa shape index (κ3) is 4.36. The molecule has 31 heavy (non-hydrogen) atoms. The summed E-state index contributed by atoms with van der Waals surface area (Å²) < 4.78 is 8.65. The molecule has 0 atom stereocenters. The van der Waals surface area contributed by atoms with E-state index in [1.165, 1.54) is 33.5 Å². The number of pyridine rings is 1. The van der Waals surface area contributed by atoms with Crippen LogP contribution in [0.1, 0.15) is 54.3 Å². The molecule has 2 heterocycles. The molecule has 0 spiro atoms. The standard InChI is InChI=1S/C28H32N2O/c1-19-8-7-9-23(16-19)18-31-25-14-15-29-26-20(2)21(3)30(27(25)26)17-22-10-12-24(13-11-22)28(4,5)6/h7-16H,17-18H2,1-6H3. The van der Waals surface area contributed by atoms with Gasteiger partial charge in [-0.15, -0.1) is 0 Å². The topological polar surface area (TPSA) is 27.1 Å². The fourth-order valence-corrected chi connectivity index (χ4v) is 4.08. The molecule has 0 aliphatic carbocycles. The van der Waals surface area contributed by atoms with Gasteiger partial charge in [0.2, 0.25) is 0 Å². The van der Waals surface area contributed by atoms with Gasteiger partial charge in [0.15, 0.2) is 0 Å². The molecule has 4 aromatic rings. The predicted octanol–water partition coefficient (Wildman–Crippen LogP) is 6.89. The minimum absolute atomic E-state index is 0.159. The molecule has 4 rings (SSSR count). The Bertz CT molecular complexity index is 1210. The van der Waals surface area contributed by atoms with Crippen molar-refractivity contribution >= 4 is 11.0 Å². The lowest BCUT2D eigenvalue weighted by molar-refractivity contribution is 0.308. The first-order valence-corrected chi connectivity index (χ1v) is 11.0. The smallest absolute Gasteiger partial charge is 0.147 e. The highest BCUT2D eigenvalue weighted by molar-refractivity contribution is 5.86. The molecule has 0 unspecified atom stereocenters. The van der Waals surface area contributed by atoms with E-state index in [4.69, 9.17) is 4.74 Å². The number of aryl methyl sites for hydroxylation is 2. The highest BCUT2D eigenvalue weighted by Gasteiger charge is 2.18. The van der Waals surface area contributed by atoms with Gasteiger partial charge in [0.25, 0.3) is 0 Å². The normalized spacial score (nSPS) is 11.8. The Hall–Kier alpha value is -3.07. The van der Waals surface area contributed by atoms with Gasteiger partial charge in [-0.3, -0.25) is 4.98 Å². The zero-order chi connectivity index (χ0) is 22.2. The zero-order valence-corrected chi connectivity index (χ0v) is 19.5. The second-order valence-corrected chi connectivity index (χ2v) is 9.53. The minimum atomic E-state index is 0.159. The number of hydrogen-bond donors (Lipinski definition) is 0. The summed E-state index contributed by atoms with van der Waals surface area (Å²) in [5.74, 6) is 0.883. The molecule has 0 amide bonds. The molecule has 3 nitrogen and oxygen atoms in total. The second-order valence-electron chi connectivity index (χ2n) is 9.53. The Morgan fingerprint density at radius 1 is 0.903 bits per heavy atom. The van der Waals surface area contributed by atoms with Crippen LogP contribution in [0.25, 0.3) is 11.0 Å². The maximum absolute atomic E-state index is 6.31. The number of fused-ring (bicyclic) bond motifs is 1. The molecule has 2 aromatic heterocycles. The number of rotatable bonds is 5. The van der Waals surface area contributed by atoms with E-state index in [2.05, 4.69) is 99.6 Å². The Kier molecular flexibility index (Phi) is 5.62. The van der Waals surface area contributed by atoms with Crippen molar-refractivity contribution in [1.29, 1.82) is 0 Å². The van der Waals surface area contributed by atoms with Gasteiger partial charge in [-0.1, -0.05) is 74.9 Å². The Labute approximate surface area is 185 Å². The van der Waals surface area contributed by atoms with Gasteiger partial charge in [-0.2, -0.15) is 0 Å². The minimum Gasteiger partial charge on any atom is -0.487 e. The molecule has 3 heteroatoms. The lowest BCUT2D eigenvalue weighted by Gasteiger charge is -2.19. The summed E-state index contributed by atoms with van der Waals surface area (Å²) in [6.07, 6.45) is 1.85. The van der Waals surface area contributed by atoms with Crippen LogP contribution in [0.2, 0.25) is 0 Å². The zero-order valence-electron chi connectivity index (χ0n) is 19.5. The van der Waals surface area contributed by atoms with E-state index in [1.807, 2.05) is 12.3 Å². The number of ether oxygens (including phenoxy) is 1. The number of nitrogens with zero attached hydrogens (tertiary/aromatic N) is 2. The van der Waals surface area contributed by atoms with E-state index >= 15 is 0 Å². The van der Waals surface area contributed by atoms with Crippen LogP contribution in [0.4, 0.5) is 0 Å². The van der Waals surface area contributed by atoms with Crippen LogP contribution < -0.4 is 4.74 Å². The first kappa shape index (κ1) is 21.2. The van der Waals surface area contributed by atoms with Crippen LogP contribution >= 0.6 is 0 Å². The van der Waals surface area contributed by atoms with Crippen LogP contribution in [0.3, 0.4) is 0 Å². The maximum atomic E-state index is 6.31. The van der Waals surface area contributed by atoms with Gasteiger partial charge in [0, 0.05) is 24.5 Å². The third-order valence-electron chi connectivity index (χ3n) is 6.10. The van der Waals surface area contributed by atoms with Crippen molar-refractivity contribution < 1.29 is 4.74 Å². The second kappa shape index (κ2) is 8.22. The summed E-state index contributed by atoms with van der Waals surface area (Å²) in [6, 6.07) is 19.4. The average Bonchev–Trinajstić information content (AvgIpc) is 2.97. The molecule has 0 saturated heterocycles. The first-order valence-electron chi connectivity index (χ1n) is 11.0. The monoisotopic (exact) mass is 412 g/mol. The molecule has 0 radical (unpaired) electrons. The van der Waals surface area contributed by atoms with Crippen LogP contribution in [0.5, 0.6) is 5.75 Å². The van der Waals surface area contributed by atoms with Crippen molar-refractivity contribution in [3.63, 3.8) is 0 Å². The Morgan fingerprint density at radius 3 is 2.32 bits per heavy atom. The first-order chi connectivity index (χ1) is 14.7. The SMILES string of the molecule is Cc1cccc(COc2ccnc3c(C)c(C)n(Cc4ccc(C(C)(C)C)cc4)c23)c1. The molecule has 0 fully saturated rings. The van der Waals surface area contributed by atoms with Crippen molar-refractivity contribution in [1.82, 2.24) is 9.55 Å². The number of hydrogen-bond acceptors (Lipinski definition) is 2. The quantitative estimate of drug-likeness (QED) is 0.357. The number of aromatic nitrogens is 2. The lowest BCUT2D eigenvalue weighted by Crippen LogP contribution is -2.11. The van der Waals surface area contributed by atoms with Crippen molar-refractivity contribution in [2.24, 2.45) is 0 Å². The molecular weight excluding hydrogens is 380 g/mol. The van der Waals surface area contributed by atoms with Crippen LogP contribution in [0, 0.1) is 20.8 Å². The largest absolute Gasteiger partial charge is 0.487 e. The van der Waals surface area contributed by atoms with Gasteiger partial charge >= 0.3 is 0 Å². The molecule has 0 aliphatic heterocycles. The van der Waals surface area contributed by atoms with Gasteiger partial charge in [0.05, 0.1) is 5.52 Å². The van der Waals surface area contributed by atoms with Gasteiger partial charge in [-0.25, -0.2) is 0 Å². The van der Waals surface area contributed by atoms with E-state index in [-0.39, 0.29) is 5.41 Å². The maximum Gasteiger partial charge on any atom is 0.147 e. The number of benzene rings is 2. The summed E-state index contributed by atoms with van der Waals surface area (Å²) in [4.78, 5) is 4.68. The molecule has 0 aliphatic rings. The Morgan fingerprint density at radius 2 is 1.65 bits per heavy atom. The fourth-order valence-electron chi connectivity index (χ4n) is 4.08. The summed E-state index contributed by atoms with van der Waals surface area (Å²) in [5.41, 5.74) is 9.74. The molecule has 0 N–H and O–H groups in total. The van der Waals surface area contributed by atoms with Crippen molar-refractivity contribution in [3.8, 4) is 5.75 Å². The van der Waals surface area contributed by atoms with Gasteiger partial charge < -0.3 is 9.30 Å². The molecule has 2 aromatic carbocycles. The predicted molar refractivity (Wildman–Crippen MR) is 129 cm³/mol. The van der Waals surface area contributed by atoms with E-state index in [0.717, 1.165) is 23.3 Å². The fraction of sp³-hybridized carbons (Fsp3) is 0.321. The molecule has 160 valence electrons. The van der Waals surface area contributed by atoms with E-state index < -0.39 is 0 Å². The Balaban J connectivity index is 1.69. The van der Waals surface area contributed by atoms with Crippen LogP contribution in [0.15, 0.2) is 60.8 Å². The van der Waals surface area contributed by atoms with E-state index in [9.17, 15) is 0 Å². The van der Waals surface area contributed by atoms with Crippen molar-refractivity contribution in [2.45, 2.75) is 60.1 Å². The highest BCUT2D eigenvalue weighted by Crippen LogP contribution is 2.32.